The number of nitrogens with zero attached hydrogens (tertiary/aromatic N) is 2. The second kappa shape index (κ2) is 8.84. The van der Waals surface area contributed by atoms with Gasteiger partial charge in [0.05, 0.1) is 11.1 Å². The number of hydrogen-bond acceptors (Lipinski definition) is 4. The summed E-state index contributed by atoms with van der Waals surface area (Å²) in [5.74, 6) is -0.883. The van der Waals surface area contributed by atoms with Gasteiger partial charge < -0.3 is 10.1 Å². The van der Waals surface area contributed by atoms with E-state index in [4.69, 9.17) is 4.74 Å². The zero-order valence-corrected chi connectivity index (χ0v) is 16.0. The Hall–Kier alpha value is -3.03. The molecular weight excluding hydrogens is 461 g/mol. The van der Waals surface area contributed by atoms with Gasteiger partial charge in [-0.1, -0.05) is 12.6 Å². The molecule has 0 fully saturated rings. The van der Waals surface area contributed by atoms with Crippen LogP contribution in [0.25, 0.3) is 6.20 Å². The van der Waals surface area contributed by atoms with Gasteiger partial charge in [0.2, 0.25) is 5.95 Å². The van der Waals surface area contributed by atoms with E-state index >= 15 is 0 Å². The van der Waals surface area contributed by atoms with Gasteiger partial charge in [-0.25, -0.2) is 4.98 Å². The number of hydrogen-bond donors (Lipinski definition) is 1. The SMILES string of the molecule is C=Cn1c(NC(OCC)c2ccc(C(F)(F)F)cc2C(F)(F)F)nc(C(F)(F)F)cc1=O. The monoisotopic (exact) mass is 475 g/mol. The Balaban J connectivity index is 2.68. The van der Waals surface area contributed by atoms with Crippen LogP contribution in [0, 0.1) is 0 Å². The zero-order chi connectivity index (χ0) is 24.5. The highest BCUT2D eigenvalue weighted by molar-refractivity contribution is 5.43. The number of nitrogens with one attached hydrogen (secondary N) is 1. The van der Waals surface area contributed by atoms with Crippen molar-refractivity contribution >= 4 is 12.1 Å². The van der Waals surface area contributed by atoms with Crippen molar-refractivity contribution in [1.29, 1.82) is 0 Å². The van der Waals surface area contributed by atoms with Crippen molar-refractivity contribution in [2.75, 3.05) is 11.9 Å². The van der Waals surface area contributed by atoms with E-state index in [1.807, 2.05) is 0 Å². The molecule has 0 bridgehead atoms. The summed E-state index contributed by atoms with van der Waals surface area (Å²) in [6.45, 7) is 4.25. The van der Waals surface area contributed by atoms with Crippen molar-refractivity contribution < 1.29 is 44.3 Å². The molecule has 5 nitrogen and oxygen atoms in total. The van der Waals surface area contributed by atoms with Gasteiger partial charge in [-0.15, -0.1) is 0 Å². The van der Waals surface area contributed by atoms with Crippen LogP contribution in [0.5, 0.6) is 0 Å². The topological polar surface area (TPSA) is 56.1 Å². The molecule has 1 atom stereocenters. The predicted octanol–water partition coefficient (Wildman–Crippen LogP) is 5.55. The molecule has 1 aromatic heterocycles. The Kier molecular flexibility index (Phi) is 6.97. The molecule has 1 N–H and O–H groups in total. The van der Waals surface area contributed by atoms with Crippen molar-refractivity contribution in [3.63, 3.8) is 0 Å². The molecule has 2 rings (SSSR count). The van der Waals surface area contributed by atoms with Gasteiger partial charge in [0.15, 0.2) is 11.9 Å². The van der Waals surface area contributed by atoms with Crippen LogP contribution in [-0.4, -0.2) is 16.2 Å². The lowest BCUT2D eigenvalue weighted by Gasteiger charge is -2.25. The number of benzene rings is 1. The highest BCUT2D eigenvalue weighted by atomic mass is 19.4. The third-order valence-corrected chi connectivity index (χ3v) is 3.99. The van der Waals surface area contributed by atoms with Crippen LogP contribution in [0.4, 0.5) is 45.5 Å². The second-order valence-corrected chi connectivity index (χ2v) is 6.13. The van der Waals surface area contributed by atoms with Crippen molar-refractivity contribution in [1.82, 2.24) is 9.55 Å². The molecule has 0 radical (unpaired) electrons. The van der Waals surface area contributed by atoms with E-state index < -0.39 is 58.6 Å². The number of anilines is 1. The molecule has 0 amide bonds. The molecule has 0 aliphatic carbocycles. The minimum atomic E-state index is -5.27. The number of rotatable bonds is 6. The van der Waals surface area contributed by atoms with Crippen LogP contribution < -0.4 is 10.9 Å². The lowest BCUT2D eigenvalue weighted by atomic mass is 10.0. The van der Waals surface area contributed by atoms with Gasteiger partial charge in [0.25, 0.3) is 5.56 Å². The Bertz CT molecular complexity index is 1040. The molecule has 0 saturated heterocycles. The predicted molar refractivity (Wildman–Crippen MR) is 94.3 cm³/mol. The molecule has 1 aromatic carbocycles. The molecular formula is C18H14F9N3O2. The van der Waals surface area contributed by atoms with Gasteiger partial charge in [0, 0.05) is 24.4 Å². The van der Waals surface area contributed by atoms with E-state index in [0.29, 0.717) is 16.7 Å². The summed E-state index contributed by atoms with van der Waals surface area (Å²) >= 11 is 0. The Morgan fingerprint density at radius 3 is 2.16 bits per heavy atom. The summed E-state index contributed by atoms with van der Waals surface area (Å²) in [6, 6.07) is 0.826. The van der Waals surface area contributed by atoms with E-state index in [9.17, 15) is 44.3 Å². The van der Waals surface area contributed by atoms with Crippen LogP contribution in [0.3, 0.4) is 0 Å². The van der Waals surface area contributed by atoms with Crippen molar-refractivity contribution in [3.8, 4) is 0 Å². The van der Waals surface area contributed by atoms with Gasteiger partial charge in [-0.05, 0) is 19.1 Å². The first-order valence-corrected chi connectivity index (χ1v) is 8.59. The quantitative estimate of drug-likeness (QED) is 0.440. The van der Waals surface area contributed by atoms with Crippen LogP contribution in [-0.2, 0) is 23.3 Å². The molecule has 0 aliphatic rings. The molecule has 14 heteroatoms. The number of aromatic nitrogens is 2. The van der Waals surface area contributed by atoms with E-state index in [2.05, 4.69) is 16.9 Å². The number of halogens is 9. The van der Waals surface area contributed by atoms with Crippen molar-refractivity contribution in [2.45, 2.75) is 31.7 Å². The minimum Gasteiger partial charge on any atom is -0.354 e. The average molecular weight is 475 g/mol. The molecule has 1 unspecified atom stereocenters. The van der Waals surface area contributed by atoms with Crippen LogP contribution in [0.1, 0.15) is 35.5 Å². The first kappa shape index (κ1) is 25.2. The van der Waals surface area contributed by atoms with Gasteiger partial charge in [0.1, 0.15) is 0 Å². The Morgan fingerprint density at radius 1 is 1.06 bits per heavy atom. The number of alkyl halides is 9. The summed E-state index contributed by atoms with van der Waals surface area (Å²) in [6.07, 6.45) is -16.6. The average Bonchev–Trinajstić information content (AvgIpc) is 2.64. The first-order valence-electron chi connectivity index (χ1n) is 8.59. The first-order chi connectivity index (χ1) is 14.6. The molecule has 0 saturated carbocycles. The maximum atomic E-state index is 13.5. The zero-order valence-electron chi connectivity index (χ0n) is 16.0. The van der Waals surface area contributed by atoms with E-state index in [-0.39, 0.29) is 18.7 Å². The Labute approximate surface area is 174 Å². The lowest BCUT2D eigenvalue weighted by Crippen LogP contribution is -2.28. The third-order valence-electron chi connectivity index (χ3n) is 3.99. The summed E-state index contributed by atoms with van der Waals surface area (Å²) in [7, 11) is 0. The molecule has 0 aliphatic heterocycles. The van der Waals surface area contributed by atoms with E-state index in [1.54, 1.807) is 0 Å². The summed E-state index contributed by atoms with van der Waals surface area (Å²) in [5.41, 5.74) is -7.11. The van der Waals surface area contributed by atoms with Crippen molar-refractivity contribution in [3.05, 3.63) is 63.6 Å². The summed E-state index contributed by atoms with van der Waals surface area (Å²) in [4.78, 5) is 15.1. The van der Waals surface area contributed by atoms with Gasteiger partial charge in [-0.2, -0.15) is 39.5 Å². The fourth-order valence-electron chi connectivity index (χ4n) is 2.61. The second-order valence-electron chi connectivity index (χ2n) is 6.13. The fourth-order valence-corrected chi connectivity index (χ4v) is 2.61. The molecule has 2 aromatic rings. The smallest absolute Gasteiger partial charge is 0.354 e. The van der Waals surface area contributed by atoms with Crippen LogP contribution >= 0.6 is 0 Å². The standard InChI is InChI=1S/C18H14F9N3O2/c1-3-30-13(31)8-12(18(25,26)27)28-15(30)29-14(32-4-2)10-6-5-9(16(19,20)21)7-11(10)17(22,23)24/h3,5-8,14H,1,4H2,2H3,(H,28,29). The van der Waals surface area contributed by atoms with Crippen LogP contribution in [0.15, 0.2) is 35.6 Å². The Morgan fingerprint density at radius 2 is 1.69 bits per heavy atom. The van der Waals surface area contributed by atoms with Gasteiger partial charge >= 0.3 is 18.5 Å². The molecule has 176 valence electrons. The number of ether oxygens (including phenoxy) is 1. The maximum absolute atomic E-state index is 13.5. The van der Waals surface area contributed by atoms with Gasteiger partial charge in [-0.3, -0.25) is 9.36 Å². The van der Waals surface area contributed by atoms with E-state index in [0.717, 1.165) is 6.20 Å². The van der Waals surface area contributed by atoms with E-state index in [1.165, 1.54) is 6.92 Å². The summed E-state index contributed by atoms with van der Waals surface area (Å²) < 4.78 is 124. The minimum absolute atomic E-state index is 0.141. The lowest BCUT2D eigenvalue weighted by molar-refractivity contribution is -0.144. The fraction of sp³-hybridized carbons (Fsp3) is 0.333. The largest absolute Gasteiger partial charge is 0.433 e. The molecule has 32 heavy (non-hydrogen) atoms. The molecule has 1 heterocycles. The normalized spacial score (nSPS) is 13.7. The summed E-state index contributed by atoms with van der Waals surface area (Å²) in [5, 5.41) is 2.12. The highest BCUT2D eigenvalue weighted by Crippen LogP contribution is 2.40. The maximum Gasteiger partial charge on any atom is 0.433 e. The van der Waals surface area contributed by atoms with Crippen LogP contribution in [0.2, 0.25) is 0 Å². The highest BCUT2D eigenvalue weighted by Gasteiger charge is 2.40. The third kappa shape index (κ3) is 5.60. The van der Waals surface area contributed by atoms with Crippen molar-refractivity contribution in [2.24, 2.45) is 0 Å². The molecule has 0 spiro atoms.